The second-order valence-corrected chi connectivity index (χ2v) is 9.48. The standard InChI is InChI=1S/C31H31N5O2/c1-32-29(37)10-4-2-3-9-27(36-31(38)25-13-14-26-19-33-16-15-23(26)18-25)30-34-20-28(35-30)24-12-11-21-7-5-6-8-22(21)17-24/h5-8,11-20,27H,2-4,9-10H2,1H3,(H,32,37)(H,34,35)(H,36,38)/t27-/m0/s1. The van der Waals surface area contributed by atoms with Crippen molar-refractivity contribution in [2.75, 3.05) is 7.05 Å². The Kier molecular flexibility index (Phi) is 7.73. The number of unbranched alkanes of at least 4 members (excludes halogenated alkanes) is 2. The van der Waals surface area contributed by atoms with Gasteiger partial charge in [-0.3, -0.25) is 14.6 Å². The van der Waals surface area contributed by atoms with E-state index in [9.17, 15) is 9.59 Å². The summed E-state index contributed by atoms with van der Waals surface area (Å²) >= 11 is 0. The average molecular weight is 506 g/mol. The molecule has 0 unspecified atom stereocenters. The minimum Gasteiger partial charge on any atom is -0.359 e. The number of pyridine rings is 1. The SMILES string of the molecule is CNC(=O)CCCCC[C@H](NC(=O)c1ccc2cnccc2c1)c1ncc(-c2ccc3ccccc3c2)[nH]1. The predicted molar refractivity (Wildman–Crippen MR) is 151 cm³/mol. The molecule has 2 aromatic heterocycles. The van der Waals surface area contributed by atoms with Crippen molar-refractivity contribution in [3.8, 4) is 11.3 Å². The predicted octanol–water partition coefficient (Wildman–Crippen LogP) is 5.95. The van der Waals surface area contributed by atoms with Crippen LogP contribution in [-0.2, 0) is 4.79 Å². The van der Waals surface area contributed by atoms with E-state index in [0.717, 1.165) is 52.5 Å². The van der Waals surface area contributed by atoms with Gasteiger partial charge in [-0.25, -0.2) is 4.98 Å². The zero-order chi connectivity index (χ0) is 26.3. The molecule has 3 aromatic carbocycles. The van der Waals surface area contributed by atoms with Gasteiger partial charge in [-0.05, 0) is 53.3 Å². The van der Waals surface area contributed by atoms with Gasteiger partial charge in [0.15, 0.2) is 0 Å². The van der Waals surface area contributed by atoms with Crippen molar-refractivity contribution in [3.05, 3.63) is 96.7 Å². The van der Waals surface area contributed by atoms with Crippen molar-refractivity contribution in [3.63, 3.8) is 0 Å². The van der Waals surface area contributed by atoms with E-state index < -0.39 is 0 Å². The third-order valence-corrected chi connectivity index (χ3v) is 6.87. The zero-order valence-electron chi connectivity index (χ0n) is 21.4. The molecule has 2 heterocycles. The number of hydrogen-bond acceptors (Lipinski definition) is 4. The van der Waals surface area contributed by atoms with Gasteiger partial charge < -0.3 is 15.6 Å². The number of fused-ring (bicyclic) bond motifs is 2. The minimum atomic E-state index is -0.287. The summed E-state index contributed by atoms with van der Waals surface area (Å²) < 4.78 is 0. The monoisotopic (exact) mass is 505 g/mol. The number of hydrogen-bond donors (Lipinski definition) is 3. The average Bonchev–Trinajstić information content (AvgIpc) is 3.46. The maximum atomic E-state index is 13.3. The Morgan fingerprint density at radius 2 is 1.68 bits per heavy atom. The van der Waals surface area contributed by atoms with E-state index in [4.69, 9.17) is 0 Å². The molecule has 7 nitrogen and oxygen atoms in total. The highest BCUT2D eigenvalue weighted by Crippen LogP contribution is 2.26. The van der Waals surface area contributed by atoms with Crippen LogP contribution in [0, 0.1) is 0 Å². The number of rotatable bonds is 10. The molecule has 0 aliphatic rings. The molecule has 5 rings (SSSR count). The second-order valence-electron chi connectivity index (χ2n) is 9.48. The second kappa shape index (κ2) is 11.7. The van der Waals surface area contributed by atoms with Crippen molar-refractivity contribution < 1.29 is 9.59 Å². The Morgan fingerprint density at radius 1 is 0.868 bits per heavy atom. The van der Waals surface area contributed by atoms with Gasteiger partial charge in [-0.15, -0.1) is 0 Å². The topological polar surface area (TPSA) is 99.8 Å². The number of aromatic amines is 1. The number of carbonyl (C=O) groups is 2. The Morgan fingerprint density at radius 3 is 2.55 bits per heavy atom. The fraction of sp³-hybridized carbons (Fsp3) is 0.226. The van der Waals surface area contributed by atoms with Gasteiger partial charge in [0.1, 0.15) is 5.82 Å². The number of benzene rings is 3. The van der Waals surface area contributed by atoms with Crippen LogP contribution in [0.4, 0.5) is 0 Å². The van der Waals surface area contributed by atoms with Gasteiger partial charge in [0.2, 0.25) is 5.91 Å². The van der Waals surface area contributed by atoms with Gasteiger partial charge in [0.05, 0.1) is 17.9 Å². The highest BCUT2D eigenvalue weighted by molar-refractivity contribution is 5.98. The van der Waals surface area contributed by atoms with Crippen molar-refractivity contribution in [2.45, 2.75) is 38.1 Å². The molecular weight excluding hydrogens is 474 g/mol. The van der Waals surface area contributed by atoms with Gasteiger partial charge >= 0.3 is 0 Å². The fourth-order valence-corrected chi connectivity index (χ4v) is 4.70. The van der Waals surface area contributed by atoms with Gasteiger partial charge in [0, 0.05) is 42.4 Å². The molecule has 0 spiro atoms. The molecule has 192 valence electrons. The van der Waals surface area contributed by atoms with Crippen LogP contribution >= 0.6 is 0 Å². The summed E-state index contributed by atoms with van der Waals surface area (Å²) in [7, 11) is 1.65. The number of aromatic nitrogens is 3. The molecule has 2 amide bonds. The van der Waals surface area contributed by atoms with E-state index in [1.54, 1.807) is 19.4 Å². The van der Waals surface area contributed by atoms with Gasteiger partial charge in [-0.2, -0.15) is 0 Å². The Bertz CT molecular complexity index is 1580. The lowest BCUT2D eigenvalue weighted by Crippen LogP contribution is -2.29. The molecule has 0 saturated heterocycles. The van der Waals surface area contributed by atoms with Crippen LogP contribution in [0.1, 0.15) is 54.3 Å². The normalized spacial score (nSPS) is 11.9. The van der Waals surface area contributed by atoms with Crippen LogP contribution in [0.5, 0.6) is 0 Å². The maximum Gasteiger partial charge on any atom is 0.251 e. The van der Waals surface area contributed by atoms with Gasteiger partial charge in [-0.1, -0.05) is 55.3 Å². The smallest absolute Gasteiger partial charge is 0.251 e. The van der Waals surface area contributed by atoms with Crippen molar-refractivity contribution in [2.24, 2.45) is 0 Å². The van der Waals surface area contributed by atoms with Crippen molar-refractivity contribution >= 4 is 33.4 Å². The molecule has 1 atom stereocenters. The summed E-state index contributed by atoms with van der Waals surface area (Å²) in [5.41, 5.74) is 2.54. The molecule has 0 aliphatic heterocycles. The van der Waals surface area contributed by atoms with Crippen LogP contribution in [0.2, 0.25) is 0 Å². The third-order valence-electron chi connectivity index (χ3n) is 6.87. The van der Waals surface area contributed by atoms with Crippen LogP contribution in [0.3, 0.4) is 0 Å². The molecule has 0 radical (unpaired) electrons. The zero-order valence-corrected chi connectivity index (χ0v) is 21.4. The first-order valence-electron chi connectivity index (χ1n) is 13.0. The van der Waals surface area contributed by atoms with E-state index >= 15 is 0 Å². The number of amides is 2. The highest BCUT2D eigenvalue weighted by atomic mass is 16.2. The van der Waals surface area contributed by atoms with Crippen molar-refractivity contribution in [1.29, 1.82) is 0 Å². The van der Waals surface area contributed by atoms with Crippen LogP contribution in [0.15, 0.2) is 85.3 Å². The van der Waals surface area contributed by atoms with E-state index in [1.165, 1.54) is 5.39 Å². The van der Waals surface area contributed by atoms with Gasteiger partial charge in [0.25, 0.3) is 5.91 Å². The molecule has 0 aliphatic carbocycles. The molecule has 0 bridgehead atoms. The summed E-state index contributed by atoms with van der Waals surface area (Å²) in [5, 5.41) is 10.2. The number of H-pyrrole nitrogens is 1. The number of carbonyl (C=O) groups excluding carboxylic acids is 2. The lowest BCUT2D eigenvalue weighted by atomic mass is 10.0. The first-order chi connectivity index (χ1) is 18.6. The number of imidazole rings is 1. The Balaban J connectivity index is 1.35. The summed E-state index contributed by atoms with van der Waals surface area (Å²) in [5.74, 6) is 0.618. The third kappa shape index (κ3) is 5.89. The quantitative estimate of drug-likeness (QED) is 0.204. The number of nitrogens with one attached hydrogen (secondary N) is 3. The Labute approximate surface area is 221 Å². The number of nitrogens with zero attached hydrogens (tertiary/aromatic N) is 2. The Hall–Kier alpha value is -4.52. The molecule has 5 aromatic rings. The lowest BCUT2D eigenvalue weighted by molar-refractivity contribution is -0.120. The molecule has 0 fully saturated rings. The van der Waals surface area contributed by atoms with Crippen molar-refractivity contribution in [1.82, 2.24) is 25.6 Å². The summed E-state index contributed by atoms with van der Waals surface area (Å²) in [6, 6.07) is 21.8. The lowest BCUT2D eigenvalue weighted by Gasteiger charge is -2.17. The van der Waals surface area contributed by atoms with Crippen LogP contribution in [0.25, 0.3) is 32.8 Å². The molecule has 0 saturated carbocycles. The largest absolute Gasteiger partial charge is 0.359 e. The molecule has 7 heteroatoms. The van der Waals surface area contributed by atoms with E-state index in [1.807, 2.05) is 42.6 Å². The van der Waals surface area contributed by atoms with Crippen LogP contribution < -0.4 is 10.6 Å². The first-order valence-corrected chi connectivity index (χ1v) is 13.0. The fourth-order valence-electron chi connectivity index (χ4n) is 4.70. The first kappa shape index (κ1) is 25.1. The summed E-state index contributed by atoms with van der Waals surface area (Å²) in [4.78, 5) is 37.1. The van der Waals surface area contributed by atoms with E-state index in [-0.39, 0.29) is 17.9 Å². The van der Waals surface area contributed by atoms with E-state index in [2.05, 4.69) is 55.9 Å². The molecule has 38 heavy (non-hydrogen) atoms. The van der Waals surface area contributed by atoms with Crippen LogP contribution in [-0.4, -0.2) is 33.8 Å². The molecular formula is C31H31N5O2. The van der Waals surface area contributed by atoms with E-state index in [0.29, 0.717) is 18.4 Å². The molecule has 3 N–H and O–H groups in total. The minimum absolute atomic E-state index is 0.0485. The maximum absolute atomic E-state index is 13.3. The summed E-state index contributed by atoms with van der Waals surface area (Å²) in [6.45, 7) is 0. The summed E-state index contributed by atoms with van der Waals surface area (Å²) in [6.07, 6.45) is 9.11. The highest BCUT2D eigenvalue weighted by Gasteiger charge is 2.19.